The zero-order valence-electron chi connectivity index (χ0n) is 13.1. The Bertz CT molecular complexity index is 769. The van der Waals surface area contributed by atoms with E-state index in [2.05, 4.69) is 10.5 Å². The Morgan fingerprint density at radius 2 is 2.29 bits per heavy atom. The highest BCUT2D eigenvalue weighted by Crippen LogP contribution is 2.39. The first-order chi connectivity index (χ1) is 11.5. The largest absolute Gasteiger partial charge is 0.467 e. The number of furan rings is 1. The minimum absolute atomic E-state index is 0.231. The van der Waals surface area contributed by atoms with Gasteiger partial charge in [0.25, 0.3) is 5.91 Å². The van der Waals surface area contributed by atoms with Gasteiger partial charge in [-0.2, -0.15) is 4.31 Å². The quantitative estimate of drug-likeness (QED) is 0.836. The number of nitrogens with one attached hydrogen (secondary N) is 1. The van der Waals surface area contributed by atoms with Gasteiger partial charge in [0.1, 0.15) is 11.5 Å². The minimum atomic E-state index is -3.22. The van der Waals surface area contributed by atoms with Crippen LogP contribution in [0.4, 0.5) is 0 Å². The fourth-order valence-electron chi connectivity index (χ4n) is 3.15. The van der Waals surface area contributed by atoms with Gasteiger partial charge in [0.05, 0.1) is 24.6 Å². The second-order valence-electron chi connectivity index (χ2n) is 6.58. The van der Waals surface area contributed by atoms with Crippen molar-refractivity contribution < 1.29 is 22.5 Å². The molecule has 1 aromatic heterocycles. The Labute approximate surface area is 139 Å². The van der Waals surface area contributed by atoms with Crippen molar-refractivity contribution in [2.75, 3.05) is 13.1 Å². The molecule has 9 heteroatoms. The lowest BCUT2D eigenvalue weighted by molar-refractivity contribution is -0.115. The van der Waals surface area contributed by atoms with Crippen molar-refractivity contribution in [2.45, 2.75) is 43.1 Å². The van der Waals surface area contributed by atoms with Crippen molar-refractivity contribution in [3.8, 4) is 0 Å². The number of amides is 1. The van der Waals surface area contributed by atoms with Crippen LogP contribution in [0.25, 0.3) is 0 Å². The predicted octanol–water partition coefficient (Wildman–Crippen LogP) is 0.609. The van der Waals surface area contributed by atoms with Crippen molar-refractivity contribution in [1.82, 2.24) is 9.62 Å². The summed E-state index contributed by atoms with van der Waals surface area (Å²) in [5.74, 6) is 0.340. The van der Waals surface area contributed by atoms with E-state index in [0.717, 1.165) is 12.8 Å². The van der Waals surface area contributed by atoms with Gasteiger partial charge in [-0.15, -0.1) is 0 Å². The van der Waals surface area contributed by atoms with E-state index in [1.54, 1.807) is 18.4 Å². The van der Waals surface area contributed by atoms with E-state index in [4.69, 9.17) is 9.25 Å². The molecule has 3 heterocycles. The van der Waals surface area contributed by atoms with Gasteiger partial charge in [0.15, 0.2) is 5.60 Å². The van der Waals surface area contributed by atoms with Crippen LogP contribution in [0.5, 0.6) is 0 Å². The highest BCUT2D eigenvalue weighted by Gasteiger charge is 2.52. The van der Waals surface area contributed by atoms with Crippen molar-refractivity contribution in [1.29, 1.82) is 0 Å². The molecule has 130 valence electrons. The lowest BCUT2D eigenvalue weighted by atomic mass is 9.96. The molecule has 4 rings (SSSR count). The Kier molecular flexibility index (Phi) is 3.65. The van der Waals surface area contributed by atoms with Crippen LogP contribution in [0.15, 0.2) is 28.0 Å². The first-order valence-corrected chi connectivity index (χ1v) is 9.53. The number of hydrogen-bond acceptors (Lipinski definition) is 6. The summed E-state index contributed by atoms with van der Waals surface area (Å²) < 4.78 is 31.3. The van der Waals surface area contributed by atoms with Crippen molar-refractivity contribution in [3.63, 3.8) is 0 Å². The van der Waals surface area contributed by atoms with Crippen molar-refractivity contribution in [3.05, 3.63) is 24.2 Å². The number of hydrogen-bond donors (Lipinski definition) is 1. The topological polar surface area (TPSA) is 101 Å². The van der Waals surface area contributed by atoms with Crippen LogP contribution in [-0.2, 0) is 26.2 Å². The summed E-state index contributed by atoms with van der Waals surface area (Å²) in [6, 6.07) is 3.52. The zero-order valence-corrected chi connectivity index (χ0v) is 13.9. The number of nitrogens with zero attached hydrogens (tertiary/aromatic N) is 2. The maximum atomic E-state index is 12.3. The monoisotopic (exact) mass is 353 g/mol. The molecule has 1 aromatic rings. The highest BCUT2D eigenvalue weighted by molar-refractivity contribution is 7.90. The van der Waals surface area contributed by atoms with Crippen LogP contribution in [0.3, 0.4) is 0 Å². The molecule has 2 fully saturated rings. The number of sulfonamides is 1. The van der Waals surface area contributed by atoms with E-state index in [9.17, 15) is 13.2 Å². The molecule has 0 bridgehead atoms. The molecular weight excluding hydrogens is 334 g/mol. The molecule has 0 aromatic carbocycles. The van der Waals surface area contributed by atoms with E-state index >= 15 is 0 Å². The van der Waals surface area contributed by atoms with E-state index in [1.165, 1.54) is 4.31 Å². The summed E-state index contributed by atoms with van der Waals surface area (Å²) in [5.41, 5.74) is -0.397. The number of carbonyl (C=O) groups excluding carboxylic acids is 1. The second-order valence-corrected chi connectivity index (χ2v) is 8.79. The van der Waals surface area contributed by atoms with Crippen LogP contribution < -0.4 is 5.32 Å². The smallest absolute Gasteiger partial charge is 0.269 e. The molecule has 1 atom stereocenters. The lowest BCUT2D eigenvalue weighted by Gasteiger charge is -2.21. The Hall–Kier alpha value is -1.87. The summed E-state index contributed by atoms with van der Waals surface area (Å²) in [5, 5.41) is 6.40. The molecule has 1 N–H and O–H groups in total. The molecule has 1 amide bonds. The van der Waals surface area contributed by atoms with Gasteiger partial charge in [0.2, 0.25) is 10.0 Å². The summed E-state index contributed by atoms with van der Waals surface area (Å²) >= 11 is 0. The lowest BCUT2D eigenvalue weighted by Crippen LogP contribution is -2.39. The summed E-state index contributed by atoms with van der Waals surface area (Å²) in [6.45, 7) is 0.972. The molecule has 1 saturated carbocycles. The van der Waals surface area contributed by atoms with Crippen LogP contribution in [0.2, 0.25) is 0 Å². The standard InChI is InChI=1S/C15H19N3O5S/c19-14(16-9-11-2-1-7-22-11)13-8-15(23-17-13)5-6-18(10-15)24(20,21)12-3-4-12/h1-2,7,12H,3-6,8-10H2,(H,16,19)/t15-/m0/s1. The third kappa shape index (κ3) is 2.82. The van der Waals surface area contributed by atoms with Gasteiger partial charge in [-0.1, -0.05) is 5.16 Å². The van der Waals surface area contributed by atoms with Gasteiger partial charge in [0, 0.05) is 19.4 Å². The van der Waals surface area contributed by atoms with Crippen molar-refractivity contribution in [2.24, 2.45) is 5.16 Å². The molecular formula is C15H19N3O5S. The summed E-state index contributed by atoms with van der Waals surface area (Å²) in [7, 11) is -3.22. The predicted molar refractivity (Wildman–Crippen MR) is 84.6 cm³/mol. The average molecular weight is 353 g/mol. The first-order valence-electron chi connectivity index (χ1n) is 8.03. The number of rotatable bonds is 5. The van der Waals surface area contributed by atoms with Crippen molar-refractivity contribution >= 4 is 21.6 Å². The molecule has 8 nitrogen and oxygen atoms in total. The molecule has 0 unspecified atom stereocenters. The van der Waals surface area contributed by atoms with Crippen LogP contribution in [0, 0.1) is 0 Å². The van der Waals surface area contributed by atoms with Crippen LogP contribution in [-0.4, -0.2) is 48.3 Å². The minimum Gasteiger partial charge on any atom is -0.467 e. The Morgan fingerprint density at radius 3 is 3.00 bits per heavy atom. The summed E-state index contributed by atoms with van der Waals surface area (Å²) in [4.78, 5) is 17.7. The number of oxime groups is 1. The third-order valence-corrected chi connectivity index (χ3v) is 7.04. The normalized spacial score (nSPS) is 27.2. The number of carbonyl (C=O) groups is 1. The molecule has 1 aliphatic carbocycles. The molecule has 0 radical (unpaired) electrons. The molecule has 1 saturated heterocycles. The first kappa shape index (κ1) is 15.6. The maximum Gasteiger partial charge on any atom is 0.269 e. The van der Waals surface area contributed by atoms with Gasteiger partial charge >= 0.3 is 0 Å². The fraction of sp³-hybridized carbons (Fsp3) is 0.600. The van der Waals surface area contributed by atoms with Crippen LogP contribution in [0.1, 0.15) is 31.4 Å². The molecule has 3 aliphatic rings. The molecule has 1 spiro atoms. The van der Waals surface area contributed by atoms with Gasteiger partial charge in [-0.3, -0.25) is 4.79 Å². The molecule has 24 heavy (non-hydrogen) atoms. The second kappa shape index (κ2) is 5.59. The zero-order chi connectivity index (χ0) is 16.8. The summed E-state index contributed by atoms with van der Waals surface area (Å²) in [6.07, 6.45) is 3.90. The van der Waals surface area contributed by atoms with E-state index in [1.807, 2.05) is 0 Å². The van der Waals surface area contributed by atoms with E-state index in [-0.39, 0.29) is 24.2 Å². The maximum absolute atomic E-state index is 12.3. The average Bonchev–Trinajstić information content (AvgIpc) is 3.01. The Morgan fingerprint density at radius 1 is 1.46 bits per heavy atom. The van der Waals surface area contributed by atoms with Gasteiger partial charge in [-0.05, 0) is 25.0 Å². The van der Waals surface area contributed by atoms with Gasteiger partial charge in [-0.25, -0.2) is 8.42 Å². The van der Waals surface area contributed by atoms with Crippen LogP contribution >= 0.6 is 0 Å². The van der Waals surface area contributed by atoms with E-state index in [0.29, 0.717) is 30.9 Å². The molecule has 2 aliphatic heterocycles. The SMILES string of the molecule is O=C(NCc1ccco1)C1=NO[C@@]2(CCN(S(=O)(=O)C3CC3)C2)C1. The van der Waals surface area contributed by atoms with Gasteiger partial charge < -0.3 is 14.6 Å². The fourth-order valence-corrected chi connectivity index (χ4v) is 5.06. The van der Waals surface area contributed by atoms with E-state index < -0.39 is 15.6 Å². The Balaban J connectivity index is 1.34. The highest BCUT2D eigenvalue weighted by atomic mass is 32.2. The third-order valence-electron chi connectivity index (χ3n) is 4.69.